The molecule has 0 amide bonds. The lowest BCUT2D eigenvalue weighted by atomic mass is 10.1. The first-order valence-electron chi connectivity index (χ1n) is 12.2. The largest absolute Gasteiger partial charge is 0.361 e. The zero-order valence-electron chi connectivity index (χ0n) is 21.5. The Morgan fingerprint density at radius 3 is 2.46 bits per heavy atom. The molecule has 1 N–H and O–H groups in total. The second-order valence-electron chi connectivity index (χ2n) is 9.22. The van der Waals surface area contributed by atoms with Crippen LogP contribution in [0.15, 0.2) is 101 Å². The van der Waals surface area contributed by atoms with Gasteiger partial charge in [0, 0.05) is 37.2 Å². The van der Waals surface area contributed by atoms with Gasteiger partial charge in [0.15, 0.2) is 0 Å². The molecule has 3 aromatic carbocycles. The normalized spacial score (nSPS) is 12.5. The number of nitrogens with zero attached hydrogens (tertiary/aromatic N) is 4. The molecule has 2 heterocycles. The highest BCUT2D eigenvalue weighted by Crippen LogP contribution is 2.32. The van der Waals surface area contributed by atoms with Gasteiger partial charge in [0.25, 0.3) is 5.56 Å². The van der Waals surface area contributed by atoms with Crippen molar-refractivity contribution in [2.45, 2.75) is 17.9 Å². The van der Waals surface area contributed by atoms with Gasteiger partial charge in [0.2, 0.25) is 10.0 Å². The highest BCUT2D eigenvalue weighted by molar-refractivity contribution is 7.89. The summed E-state index contributed by atoms with van der Waals surface area (Å²) in [6.07, 6.45) is 3.05. The first-order chi connectivity index (χ1) is 18.7. The number of hydrogen-bond acceptors (Lipinski definition) is 6. The third-order valence-corrected chi connectivity index (χ3v) is 8.60. The van der Waals surface area contributed by atoms with E-state index in [0.717, 1.165) is 5.39 Å². The van der Waals surface area contributed by atoms with Crippen LogP contribution in [0, 0.1) is 0 Å². The van der Waals surface area contributed by atoms with Crippen molar-refractivity contribution in [3.8, 4) is 16.8 Å². The lowest BCUT2D eigenvalue weighted by Gasteiger charge is -2.22. The van der Waals surface area contributed by atoms with Crippen molar-refractivity contribution in [2.75, 3.05) is 19.4 Å². The molecule has 1 atom stereocenters. The van der Waals surface area contributed by atoms with E-state index in [1.807, 2.05) is 55.5 Å². The van der Waals surface area contributed by atoms with E-state index >= 15 is 0 Å². The third-order valence-electron chi connectivity index (χ3n) is 6.47. The van der Waals surface area contributed by atoms with Crippen molar-refractivity contribution >= 4 is 38.2 Å². The molecule has 5 rings (SSSR count). The Kier molecular flexibility index (Phi) is 7.22. The molecule has 0 aliphatic carbocycles. The predicted octanol–water partition coefficient (Wildman–Crippen LogP) is 5.52. The number of pyridine rings is 1. The Morgan fingerprint density at radius 1 is 0.974 bits per heavy atom. The van der Waals surface area contributed by atoms with Crippen molar-refractivity contribution in [3.63, 3.8) is 0 Å². The molecule has 0 fully saturated rings. The van der Waals surface area contributed by atoms with E-state index in [-0.39, 0.29) is 16.5 Å². The van der Waals surface area contributed by atoms with Crippen LogP contribution >= 0.6 is 11.6 Å². The zero-order valence-corrected chi connectivity index (χ0v) is 23.1. The van der Waals surface area contributed by atoms with Crippen LogP contribution < -0.4 is 10.9 Å². The molecule has 5 aromatic rings. The number of nitrogens with one attached hydrogen (secondary N) is 1. The molecule has 0 aliphatic rings. The van der Waals surface area contributed by atoms with Crippen molar-refractivity contribution < 1.29 is 8.42 Å². The molecule has 0 saturated heterocycles. The number of fused-ring (bicyclic) bond motifs is 1. The van der Waals surface area contributed by atoms with Crippen LogP contribution in [0.25, 0.3) is 27.6 Å². The van der Waals surface area contributed by atoms with Gasteiger partial charge in [-0.1, -0.05) is 54.1 Å². The van der Waals surface area contributed by atoms with Crippen LogP contribution in [0.1, 0.15) is 18.7 Å². The maximum Gasteiger partial charge on any atom is 0.264 e. The molecule has 0 radical (unpaired) electrons. The fraction of sp³-hybridized carbons (Fsp3) is 0.138. The maximum atomic E-state index is 13.8. The minimum absolute atomic E-state index is 0.164. The number of sulfonamides is 1. The van der Waals surface area contributed by atoms with Gasteiger partial charge >= 0.3 is 0 Å². The van der Waals surface area contributed by atoms with E-state index in [1.54, 1.807) is 41.1 Å². The van der Waals surface area contributed by atoms with Crippen LogP contribution in [0.5, 0.6) is 0 Å². The summed E-state index contributed by atoms with van der Waals surface area (Å²) in [6, 6.07) is 23.0. The molecule has 8 nitrogen and oxygen atoms in total. The molecule has 0 bridgehead atoms. The Hall–Kier alpha value is -4.05. The maximum absolute atomic E-state index is 13.8. The highest BCUT2D eigenvalue weighted by atomic mass is 35.5. The van der Waals surface area contributed by atoms with E-state index < -0.39 is 10.0 Å². The van der Waals surface area contributed by atoms with Crippen LogP contribution in [0.2, 0.25) is 5.02 Å². The smallest absolute Gasteiger partial charge is 0.264 e. The molecule has 198 valence electrons. The summed E-state index contributed by atoms with van der Waals surface area (Å²) in [6.45, 7) is 1.93. The van der Waals surface area contributed by atoms with Gasteiger partial charge in [-0.2, -0.15) is 0 Å². The van der Waals surface area contributed by atoms with Crippen molar-refractivity contribution in [1.82, 2.24) is 18.8 Å². The lowest BCUT2D eigenvalue weighted by Crippen LogP contribution is -2.26. The zero-order chi connectivity index (χ0) is 27.7. The molecule has 10 heteroatoms. The molecule has 2 aromatic heterocycles. The number of anilines is 1. The monoisotopic (exact) mass is 559 g/mol. The molecule has 0 spiro atoms. The third kappa shape index (κ3) is 5.04. The lowest BCUT2D eigenvalue weighted by molar-refractivity contribution is 0.521. The van der Waals surface area contributed by atoms with Crippen LogP contribution in [-0.2, 0) is 10.0 Å². The standard InChI is InChI=1S/C29H26ClN5O3S/c1-19(26-16-21-10-8-14-25(30)27(21)29(36)35(26)22-11-5-4-6-12-22)33-28-24(17-31-18-32-28)20-9-7-13-23(15-20)39(37,38)34(2)3/h4-19H,1-3H3,(H,31,32,33)/t19-/m0/s1. The van der Waals surface area contributed by atoms with Gasteiger partial charge in [-0.3, -0.25) is 9.36 Å². The van der Waals surface area contributed by atoms with Gasteiger partial charge in [-0.15, -0.1) is 0 Å². The molecule has 39 heavy (non-hydrogen) atoms. The molecular formula is C29H26ClN5O3S. The van der Waals surface area contributed by atoms with Gasteiger partial charge in [-0.25, -0.2) is 22.7 Å². The van der Waals surface area contributed by atoms with Gasteiger partial charge in [0.05, 0.1) is 21.3 Å². The summed E-state index contributed by atoms with van der Waals surface area (Å²) >= 11 is 6.44. The highest BCUT2D eigenvalue weighted by Gasteiger charge is 2.21. The second-order valence-corrected chi connectivity index (χ2v) is 11.8. The number of benzene rings is 3. The number of para-hydroxylation sites is 1. The van der Waals surface area contributed by atoms with Crippen molar-refractivity contribution in [3.05, 3.63) is 112 Å². The summed E-state index contributed by atoms with van der Waals surface area (Å²) in [5, 5.41) is 4.98. The van der Waals surface area contributed by atoms with Crippen molar-refractivity contribution in [2.24, 2.45) is 0 Å². The summed E-state index contributed by atoms with van der Waals surface area (Å²) in [4.78, 5) is 22.6. The summed E-state index contributed by atoms with van der Waals surface area (Å²) < 4.78 is 28.3. The van der Waals surface area contributed by atoms with E-state index in [0.29, 0.717) is 38.7 Å². The SMILES string of the molecule is C[C@H](Nc1ncncc1-c1cccc(S(=O)(=O)N(C)C)c1)c1cc2cccc(Cl)c2c(=O)n1-c1ccccc1. The summed E-state index contributed by atoms with van der Waals surface area (Å²) in [7, 11) is -0.646. The molecule has 0 aliphatic heterocycles. The Bertz CT molecular complexity index is 1840. The molecule has 0 saturated carbocycles. The Labute approximate surface area is 231 Å². The summed E-state index contributed by atoms with van der Waals surface area (Å²) in [5.74, 6) is 0.496. The van der Waals surface area contributed by atoms with E-state index in [9.17, 15) is 13.2 Å². The first kappa shape index (κ1) is 26.6. The average Bonchev–Trinajstić information content (AvgIpc) is 2.93. The predicted molar refractivity (Wildman–Crippen MR) is 155 cm³/mol. The first-order valence-corrected chi connectivity index (χ1v) is 14.0. The minimum Gasteiger partial charge on any atom is -0.361 e. The number of rotatable bonds is 7. The number of aromatic nitrogens is 3. The number of halogens is 1. The van der Waals surface area contributed by atoms with Crippen LogP contribution in [0.4, 0.5) is 5.82 Å². The average molecular weight is 560 g/mol. The number of hydrogen-bond donors (Lipinski definition) is 1. The fourth-order valence-corrected chi connectivity index (χ4v) is 5.68. The quantitative estimate of drug-likeness (QED) is 0.282. The van der Waals surface area contributed by atoms with Crippen LogP contribution in [0.3, 0.4) is 0 Å². The fourth-order valence-electron chi connectivity index (χ4n) is 4.47. The van der Waals surface area contributed by atoms with E-state index in [1.165, 1.54) is 24.7 Å². The summed E-state index contributed by atoms with van der Waals surface area (Å²) in [5.41, 5.74) is 2.45. The van der Waals surface area contributed by atoms with Gasteiger partial charge in [-0.05, 0) is 54.3 Å². The Balaban J connectivity index is 1.62. The van der Waals surface area contributed by atoms with Gasteiger partial charge in [0.1, 0.15) is 12.1 Å². The Morgan fingerprint density at radius 2 is 1.72 bits per heavy atom. The molecule has 0 unspecified atom stereocenters. The van der Waals surface area contributed by atoms with Gasteiger partial charge < -0.3 is 5.32 Å². The second kappa shape index (κ2) is 10.6. The van der Waals surface area contributed by atoms with Crippen molar-refractivity contribution in [1.29, 1.82) is 0 Å². The minimum atomic E-state index is -3.63. The van der Waals surface area contributed by atoms with E-state index in [4.69, 9.17) is 11.6 Å². The topological polar surface area (TPSA) is 97.2 Å². The molecular weight excluding hydrogens is 534 g/mol. The van der Waals surface area contributed by atoms with Crippen LogP contribution in [-0.4, -0.2) is 41.4 Å². The van der Waals surface area contributed by atoms with E-state index in [2.05, 4.69) is 15.3 Å².